The van der Waals surface area contributed by atoms with E-state index in [0.29, 0.717) is 5.88 Å². The summed E-state index contributed by atoms with van der Waals surface area (Å²) >= 11 is 5.91. The zero-order chi connectivity index (χ0) is 13.2. The van der Waals surface area contributed by atoms with Gasteiger partial charge in [0.25, 0.3) is 0 Å². The Labute approximate surface area is 115 Å². The summed E-state index contributed by atoms with van der Waals surface area (Å²) in [5, 5.41) is 0. The molecule has 0 radical (unpaired) electrons. The standard InChI is InChI=1S/C15H23ClO2/c1-3-4-5-6-7-11-18-15-13(12-16)9-8-10-14(15)17-2/h8-10H,3-7,11-12H2,1-2H3. The molecule has 0 heterocycles. The van der Waals surface area contributed by atoms with Gasteiger partial charge in [0.2, 0.25) is 0 Å². The maximum atomic E-state index is 5.91. The van der Waals surface area contributed by atoms with E-state index in [4.69, 9.17) is 21.1 Å². The van der Waals surface area contributed by atoms with Gasteiger partial charge in [-0.1, -0.05) is 44.7 Å². The van der Waals surface area contributed by atoms with Crippen LogP contribution in [0, 0.1) is 0 Å². The van der Waals surface area contributed by atoms with Gasteiger partial charge < -0.3 is 9.47 Å². The van der Waals surface area contributed by atoms with E-state index >= 15 is 0 Å². The topological polar surface area (TPSA) is 18.5 Å². The SMILES string of the molecule is CCCCCCCOc1c(CCl)cccc1OC. The Morgan fingerprint density at radius 2 is 1.89 bits per heavy atom. The first-order chi connectivity index (χ1) is 8.83. The third-order valence-electron chi connectivity index (χ3n) is 2.92. The fraction of sp³-hybridized carbons (Fsp3) is 0.600. The van der Waals surface area contributed by atoms with Crippen LogP contribution in [0.3, 0.4) is 0 Å². The number of methoxy groups -OCH3 is 1. The van der Waals surface area contributed by atoms with E-state index in [-0.39, 0.29) is 0 Å². The number of hydrogen-bond acceptors (Lipinski definition) is 2. The molecule has 18 heavy (non-hydrogen) atoms. The lowest BCUT2D eigenvalue weighted by Crippen LogP contribution is -2.01. The molecule has 0 atom stereocenters. The van der Waals surface area contributed by atoms with E-state index < -0.39 is 0 Å². The first-order valence-electron chi connectivity index (χ1n) is 6.68. The molecule has 1 rings (SSSR count). The van der Waals surface area contributed by atoms with Crippen molar-refractivity contribution < 1.29 is 9.47 Å². The fourth-order valence-corrected chi connectivity index (χ4v) is 2.08. The number of ether oxygens (including phenoxy) is 2. The molecule has 1 aromatic carbocycles. The van der Waals surface area contributed by atoms with Crippen molar-refractivity contribution in [1.82, 2.24) is 0 Å². The first kappa shape index (κ1) is 15.2. The highest BCUT2D eigenvalue weighted by atomic mass is 35.5. The molecule has 3 heteroatoms. The molecule has 0 spiro atoms. The van der Waals surface area contributed by atoms with Gasteiger partial charge in [-0.15, -0.1) is 11.6 Å². The Balaban J connectivity index is 2.45. The minimum atomic E-state index is 0.447. The van der Waals surface area contributed by atoms with E-state index in [1.165, 1.54) is 25.7 Å². The maximum absolute atomic E-state index is 5.91. The molecule has 102 valence electrons. The van der Waals surface area contributed by atoms with Crippen LogP contribution in [0.4, 0.5) is 0 Å². The van der Waals surface area contributed by atoms with Crippen molar-refractivity contribution in [3.8, 4) is 11.5 Å². The van der Waals surface area contributed by atoms with E-state index in [9.17, 15) is 0 Å². The lowest BCUT2D eigenvalue weighted by molar-refractivity contribution is 0.282. The Morgan fingerprint density at radius 1 is 1.11 bits per heavy atom. The van der Waals surface area contributed by atoms with E-state index in [0.717, 1.165) is 30.1 Å². The van der Waals surface area contributed by atoms with E-state index in [1.54, 1.807) is 7.11 Å². The predicted molar refractivity (Wildman–Crippen MR) is 76.8 cm³/mol. The second-order valence-electron chi connectivity index (χ2n) is 4.34. The monoisotopic (exact) mass is 270 g/mol. The third kappa shape index (κ3) is 4.77. The summed E-state index contributed by atoms with van der Waals surface area (Å²) in [6.07, 6.45) is 6.17. The quantitative estimate of drug-likeness (QED) is 0.475. The Hall–Kier alpha value is -0.890. The summed E-state index contributed by atoms with van der Waals surface area (Å²) in [4.78, 5) is 0. The highest BCUT2D eigenvalue weighted by Crippen LogP contribution is 2.32. The van der Waals surface area contributed by atoms with Crippen molar-refractivity contribution in [3.05, 3.63) is 23.8 Å². The summed E-state index contributed by atoms with van der Waals surface area (Å²) in [5.74, 6) is 2.01. The normalized spacial score (nSPS) is 10.4. The van der Waals surface area contributed by atoms with Crippen molar-refractivity contribution >= 4 is 11.6 Å². The van der Waals surface area contributed by atoms with Crippen LogP contribution in [0.15, 0.2) is 18.2 Å². The average molecular weight is 271 g/mol. The number of para-hydroxylation sites is 1. The Morgan fingerprint density at radius 3 is 2.56 bits per heavy atom. The van der Waals surface area contributed by atoms with Crippen molar-refractivity contribution in [1.29, 1.82) is 0 Å². The van der Waals surface area contributed by atoms with Gasteiger partial charge in [0.05, 0.1) is 19.6 Å². The van der Waals surface area contributed by atoms with Crippen LogP contribution in [0.25, 0.3) is 0 Å². The maximum Gasteiger partial charge on any atom is 0.165 e. The minimum absolute atomic E-state index is 0.447. The van der Waals surface area contributed by atoms with Crippen LogP contribution in [-0.4, -0.2) is 13.7 Å². The first-order valence-corrected chi connectivity index (χ1v) is 7.21. The number of halogens is 1. The number of unbranched alkanes of at least 4 members (excludes halogenated alkanes) is 4. The molecule has 1 aromatic rings. The van der Waals surface area contributed by atoms with Gasteiger partial charge in [-0.2, -0.15) is 0 Å². The summed E-state index contributed by atoms with van der Waals surface area (Å²) < 4.78 is 11.1. The molecule has 0 saturated carbocycles. The summed E-state index contributed by atoms with van der Waals surface area (Å²) in [7, 11) is 1.65. The second-order valence-corrected chi connectivity index (χ2v) is 4.61. The van der Waals surface area contributed by atoms with Crippen molar-refractivity contribution in [2.24, 2.45) is 0 Å². The summed E-state index contributed by atoms with van der Waals surface area (Å²) in [5.41, 5.74) is 0.990. The highest BCUT2D eigenvalue weighted by molar-refractivity contribution is 6.17. The van der Waals surface area contributed by atoms with Crippen LogP contribution in [0.1, 0.15) is 44.6 Å². The molecule has 0 fully saturated rings. The van der Waals surface area contributed by atoms with Gasteiger partial charge in [0.15, 0.2) is 11.5 Å². The average Bonchev–Trinajstić information content (AvgIpc) is 2.42. The highest BCUT2D eigenvalue weighted by Gasteiger charge is 2.09. The molecule has 0 aromatic heterocycles. The second kappa shape index (κ2) is 9.09. The molecule has 0 amide bonds. The molecule has 0 aliphatic rings. The van der Waals surface area contributed by atoms with Crippen molar-refractivity contribution in [3.63, 3.8) is 0 Å². The third-order valence-corrected chi connectivity index (χ3v) is 3.21. The molecule has 0 aliphatic carbocycles. The summed E-state index contributed by atoms with van der Waals surface area (Å²) in [6.45, 7) is 2.95. The van der Waals surface area contributed by atoms with E-state index in [2.05, 4.69) is 6.92 Å². The van der Waals surface area contributed by atoms with Gasteiger partial charge in [0.1, 0.15) is 0 Å². The molecule has 0 bridgehead atoms. The molecule has 2 nitrogen and oxygen atoms in total. The molecule has 0 N–H and O–H groups in total. The van der Waals surface area contributed by atoms with Crippen LogP contribution in [0.5, 0.6) is 11.5 Å². The van der Waals surface area contributed by atoms with Crippen molar-refractivity contribution in [2.75, 3.05) is 13.7 Å². The summed E-state index contributed by atoms with van der Waals surface area (Å²) in [6, 6.07) is 5.81. The van der Waals surface area contributed by atoms with Gasteiger partial charge in [-0.25, -0.2) is 0 Å². The largest absolute Gasteiger partial charge is 0.493 e. The number of hydrogen-bond donors (Lipinski definition) is 0. The van der Waals surface area contributed by atoms with Crippen LogP contribution >= 0.6 is 11.6 Å². The van der Waals surface area contributed by atoms with Gasteiger partial charge in [0, 0.05) is 5.56 Å². The molecular formula is C15H23ClO2. The van der Waals surface area contributed by atoms with Gasteiger partial charge in [-0.3, -0.25) is 0 Å². The molecule has 0 aliphatic heterocycles. The van der Waals surface area contributed by atoms with Crippen LogP contribution < -0.4 is 9.47 Å². The van der Waals surface area contributed by atoms with Crippen LogP contribution in [-0.2, 0) is 5.88 Å². The predicted octanol–water partition coefficient (Wildman–Crippen LogP) is 4.78. The zero-order valence-electron chi connectivity index (χ0n) is 11.4. The Kier molecular flexibility index (Phi) is 7.66. The van der Waals surface area contributed by atoms with Gasteiger partial charge >= 0.3 is 0 Å². The Bertz CT molecular complexity index is 317. The molecular weight excluding hydrogens is 248 g/mol. The zero-order valence-corrected chi connectivity index (χ0v) is 12.1. The minimum Gasteiger partial charge on any atom is -0.493 e. The van der Waals surface area contributed by atoms with Gasteiger partial charge in [-0.05, 0) is 12.5 Å². The van der Waals surface area contributed by atoms with Crippen LogP contribution in [0.2, 0.25) is 0 Å². The number of rotatable bonds is 9. The number of alkyl halides is 1. The van der Waals surface area contributed by atoms with E-state index in [1.807, 2.05) is 18.2 Å². The molecule has 0 unspecified atom stereocenters. The fourth-order valence-electron chi connectivity index (χ4n) is 1.87. The molecule has 0 saturated heterocycles. The van der Waals surface area contributed by atoms with Crippen molar-refractivity contribution in [2.45, 2.75) is 44.9 Å². The lowest BCUT2D eigenvalue weighted by atomic mass is 10.1. The number of benzene rings is 1. The smallest absolute Gasteiger partial charge is 0.165 e. The lowest BCUT2D eigenvalue weighted by Gasteiger charge is -2.13.